The predicted molar refractivity (Wildman–Crippen MR) is 130 cm³/mol. The molecule has 0 saturated carbocycles. The molecule has 29 heavy (non-hydrogen) atoms. The highest BCUT2D eigenvalue weighted by atomic mass is 15.1. The summed E-state index contributed by atoms with van der Waals surface area (Å²) in [5, 5.41) is 0. The molecule has 0 N–H and O–H groups in total. The van der Waals surface area contributed by atoms with Crippen molar-refractivity contribution in [3.05, 3.63) is 90.0 Å². The maximum absolute atomic E-state index is 2.39. The molecule has 0 amide bonds. The summed E-state index contributed by atoms with van der Waals surface area (Å²) in [7, 11) is 0. The second-order valence-electron chi connectivity index (χ2n) is 7.72. The normalized spacial score (nSPS) is 12.5. The Labute approximate surface area is 178 Å². The first kappa shape index (κ1) is 22.7. The van der Waals surface area contributed by atoms with Gasteiger partial charge in [0, 0.05) is 17.1 Å². The molecule has 0 bridgehead atoms. The summed E-state index contributed by atoms with van der Waals surface area (Å²) in [6.07, 6.45) is 3.61. The minimum Gasteiger partial charge on any atom is -0.311 e. The van der Waals surface area contributed by atoms with E-state index in [1.165, 1.54) is 47.5 Å². The van der Waals surface area contributed by atoms with E-state index in [1.807, 2.05) is 13.8 Å². The van der Waals surface area contributed by atoms with Crippen LogP contribution in [-0.2, 0) is 5.41 Å². The minimum atomic E-state index is 0.259. The van der Waals surface area contributed by atoms with Gasteiger partial charge in [0.2, 0.25) is 0 Å². The summed E-state index contributed by atoms with van der Waals surface area (Å²) in [5.41, 5.74) is 6.54. The summed E-state index contributed by atoms with van der Waals surface area (Å²) in [4.78, 5) is 2.33. The van der Waals surface area contributed by atoms with Gasteiger partial charge < -0.3 is 4.90 Å². The lowest BCUT2D eigenvalue weighted by Gasteiger charge is -2.30. The zero-order chi connectivity index (χ0) is 21.3. The third kappa shape index (κ3) is 5.50. The van der Waals surface area contributed by atoms with E-state index in [9.17, 15) is 0 Å². The van der Waals surface area contributed by atoms with Crippen LogP contribution in [0.4, 0.5) is 17.1 Å². The molecule has 3 aromatic rings. The Morgan fingerprint density at radius 2 is 1.17 bits per heavy atom. The first-order chi connectivity index (χ1) is 14.1. The number of rotatable bonds is 7. The van der Waals surface area contributed by atoms with Crippen molar-refractivity contribution in [3.63, 3.8) is 0 Å². The van der Waals surface area contributed by atoms with Crippen LogP contribution in [0.1, 0.15) is 65.0 Å². The number of hydrogen-bond donors (Lipinski definition) is 0. The van der Waals surface area contributed by atoms with E-state index in [0.717, 1.165) is 0 Å². The van der Waals surface area contributed by atoms with Crippen LogP contribution in [0.2, 0.25) is 0 Å². The number of aryl methyl sites for hydroxylation is 1. The van der Waals surface area contributed by atoms with E-state index in [4.69, 9.17) is 0 Å². The lowest BCUT2D eigenvalue weighted by Crippen LogP contribution is -2.20. The van der Waals surface area contributed by atoms with Crippen LogP contribution >= 0.6 is 0 Å². The third-order valence-electron chi connectivity index (χ3n) is 5.71. The molecule has 0 spiro atoms. The molecule has 3 rings (SSSR count). The van der Waals surface area contributed by atoms with Crippen molar-refractivity contribution in [2.24, 2.45) is 0 Å². The summed E-state index contributed by atoms with van der Waals surface area (Å²) in [6, 6.07) is 28.5. The summed E-state index contributed by atoms with van der Waals surface area (Å²) in [6.45, 7) is 13.1. The lowest BCUT2D eigenvalue weighted by molar-refractivity contribution is 0.414. The van der Waals surface area contributed by atoms with E-state index < -0.39 is 0 Å². The molecule has 0 aromatic heterocycles. The topological polar surface area (TPSA) is 3.24 Å². The van der Waals surface area contributed by atoms with Gasteiger partial charge in [-0.2, -0.15) is 0 Å². The van der Waals surface area contributed by atoms with Gasteiger partial charge >= 0.3 is 0 Å². The average Bonchev–Trinajstić information content (AvgIpc) is 2.78. The van der Waals surface area contributed by atoms with Crippen LogP contribution in [0.3, 0.4) is 0 Å². The second-order valence-corrected chi connectivity index (χ2v) is 7.72. The number of para-hydroxylation sites is 1. The van der Waals surface area contributed by atoms with Crippen LogP contribution in [0, 0.1) is 6.92 Å². The van der Waals surface area contributed by atoms with Crippen molar-refractivity contribution >= 4 is 17.1 Å². The molecular formula is C28H37N. The van der Waals surface area contributed by atoms with Gasteiger partial charge in [0.05, 0.1) is 0 Å². The molecule has 1 heteroatoms. The van der Waals surface area contributed by atoms with Gasteiger partial charge in [0.15, 0.2) is 0 Å². The van der Waals surface area contributed by atoms with Gasteiger partial charge in [-0.15, -0.1) is 0 Å². The zero-order valence-electron chi connectivity index (χ0n) is 19.1. The summed E-state index contributed by atoms with van der Waals surface area (Å²) >= 11 is 0. The van der Waals surface area contributed by atoms with Crippen molar-refractivity contribution in [1.29, 1.82) is 0 Å². The van der Waals surface area contributed by atoms with Crippen LogP contribution in [-0.4, -0.2) is 0 Å². The Hall–Kier alpha value is -2.54. The first-order valence-electron chi connectivity index (χ1n) is 11.1. The van der Waals surface area contributed by atoms with Gasteiger partial charge in [-0.3, -0.25) is 0 Å². The van der Waals surface area contributed by atoms with E-state index in [2.05, 4.69) is 111 Å². The van der Waals surface area contributed by atoms with Gasteiger partial charge in [-0.25, -0.2) is 0 Å². The van der Waals surface area contributed by atoms with E-state index >= 15 is 0 Å². The van der Waals surface area contributed by atoms with Crippen LogP contribution < -0.4 is 4.90 Å². The van der Waals surface area contributed by atoms with Crippen LogP contribution in [0.25, 0.3) is 0 Å². The molecule has 3 aromatic carbocycles. The molecule has 0 heterocycles. The third-order valence-corrected chi connectivity index (χ3v) is 5.71. The van der Waals surface area contributed by atoms with Crippen molar-refractivity contribution in [2.45, 2.75) is 66.2 Å². The Morgan fingerprint density at radius 3 is 1.66 bits per heavy atom. The van der Waals surface area contributed by atoms with Crippen molar-refractivity contribution < 1.29 is 0 Å². The summed E-state index contributed by atoms with van der Waals surface area (Å²) < 4.78 is 0. The monoisotopic (exact) mass is 387 g/mol. The fraction of sp³-hybridized carbons (Fsp3) is 0.357. The molecular weight excluding hydrogens is 350 g/mol. The Balaban J connectivity index is 0.00000145. The van der Waals surface area contributed by atoms with Crippen molar-refractivity contribution in [2.75, 3.05) is 4.90 Å². The van der Waals surface area contributed by atoms with Gasteiger partial charge in [-0.05, 0) is 67.1 Å². The highest BCUT2D eigenvalue weighted by Gasteiger charge is 2.23. The molecule has 154 valence electrons. The van der Waals surface area contributed by atoms with Gasteiger partial charge in [0.1, 0.15) is 0 Å². The van der Waals surface area contributed by atoms with Gasteiger partial charge in [0.25, 0.3) is 0 Å². The molecule has 0 fully saturated rings. The number of benzene rings is 3. The predicted octanol–water partition coefficient (Wildman–Crippen LogP) is 8.96. The molecule has 1 atom stereocenters. The maximum atomic E-state index is 2.39. The maximum Gasteiger partial charge on any atom is 0.0461 e. The van der Waals surface area contributed by atoms with Crippen molar-refractivity contribution in [3.8, 4) is 0 Å². The molecule has 1 unspecified atom stereocenters. The summed E-state index contributed by atoms with van der Waals surface area (Å²) in [5.74, 6) is 0. The van der Waals surface area contributed by atoms with Crippen LogP contribution in [0.15, 0.2) is 78.9 Å². The standard InChI is InChI=1S/C26H31N.C2H6/c1-5-20-26(4,6-2)22-14-18-25(19-15-22)27(23-10-8-7-9-11-23)24-16-12-21(3)13-17-24;1-2/h7-19H,5-6,20H2,1-4H3;1-2H3. The molecule has 1 nitrogen and oxygen atoms in total. The Bertz CT molecular complexity index is 834. The molecule has 0 aliphatic carbocycles. The van der Waals surface area contributed by atoms with E-state index in [1.54, 1.807) is 0 Å². The zero-order valence-corrected chi connectivity index (χ0v) is 19.1. The minimum absolute atomic E-state index is 0.259. The Kier molecular flexibility index (Phi) is 8.51. The van der Waals surface area contributed by atoms with Gasteiger partial charge in [-0.1, -0.05) is 89.1 Å². The fourth-order valence-electron chi connectivity index (χ4n) is 3.81. The molecule has 0 radical (unpaired) electrons. The van der Waals surface area contributed by atoms with E-state index in [0.29, 0.717) is 0 Å². The Morgan fingerprint density at radius 1 is 0.690 bits per heavy atom. The second kappa shape index (κ2) is 10.9. The first-order valence-corrected chi connectivity index (χ1v) is 11.1. The molecule has 0 aliphatic heterocycles. The SMILES string of the molecule is CC.CCCC(C)(CC)c1ccc(N(c2ccccc2)c2ccc(C)cc2)cc1. The smallest absolute Gasteiger partial charge is 0.0461 e. The average molecular weight is 388 g/mol. The van der Waals surface area contributed by atoms with Crippen molar-refractivity contribution in [1.82, 2.24) is 0 Å². The molecule has 0 saturated heterocycles. The number of anilines is 3. The largest absolute Gasteiger partial charge is 0.311 e. The number of nitrogens with zero attached hydrogens (tertiary/aromatic N) is 1. The van der Waals surface area contributed by atoms with Crippen LogP contribution in [0.5, 0.6) is 0 Å². The molecule has 0 aliphatic rings. The van der Waals surface area contributed by atoms with E-state index in [-0.39, 0.29) is 5.41 Å². The number of hydrogen-bond acceptors (Lipinski definition) is 1. The fourth-order valence-corrected chi connectivity index (χ4v) is 3.81. The quantitative estimate of drug-likeness (QED) is 0.391. The lowest BCUT2D eigenvalue weighted by atomic mass is 9.76. The highest BCUT2D eigenvalue weighted by molar-refractivity contribution is 5.76. The highest BCUT2D eigenvalue weighted by Crippen LogP contribution is 2.37.